The van der Waals surface area contributed by atoms with Gasteiger partial charge in [0.2, 0.25) is 5.95 Å². The second-order valence-electron chi connectivity index (χ2n) is 5.95. The molecule has 0 radical (unpaired) electrons. The van der Waals surface area contributed by atoms with E-state index in [0.29, 0.717) is 17.2 Å². The fourth-order valence-corrected chi connectivity index (χ4v) is 2.78. The quantitative estimate of drug-likeness (QED) is 0.746. The predicted molar refractivity (Wildman–Crippen MR) is 96.6 cm³/mol. The fourth-order valence-electron chi connectivity index (χ4n) is 2.78. The van der Waals surface area contributed by atoms with Crippen molar-refractivity contribution in [1.82, 2.24) is 19.5 Å². The maximum absolute atomic E-state index is 11.6. The van der Waals surface area contributed by atoms with Crippen LogP contribution in [0.15, 0.2) is 42.7 Å². The monoisotopic (exact) mass is 336 g/mol. The minimum Gasteiger partial charge on any atom is -0.366 e. The molecule has 3 N–H and O–H groups in total. The zero-order valence-electron chi connectivity index (χ0n) is 14.4. The molecule has 0 saturated carbocycles. The SMILES string of the molecule is Cc1ncc(-c2ccnc(Nc3ccccc3C(N)=O)n2)n1C(C)C. The molecule has 0 saturated heterocycles. The van der Waals surface area contributed by atoms with Gasteiger partial charge in [0.15, 0.2) is 0 Å². The van der Waals surface area contributed by atoms with Gasteiger partial charge in [-0.15, -0.1) is 0 Å². The molecule has 0 atom stereocenters. The molecule has 3 rings (SSSR count). The van der Waals surface area contributed by atoms with E-state index in [1.165, 1.54) is 0 Å². The van der Waals surface area contributed by atoms with E-state index in [2.05, 4.69) is 38.7 Å². The number of amides is 1. The zero-order chi connectivity index (χ0) is 18.0. The molecule has 25 heavy (non-hydrogen) atoms. The highest BCUT2D eigenvalue weighted by atomic mass is 16.1. The second-order valence-corrected chi connectivity index (χ2v) is 5.95. The Balaban J connectivity index is 1.98. The molecule has 0 spiro atoms. The highest BCUT2D eigenvalue weighted by molar-refractivity contribution is 5.98. The molecule has 0 aliphatic carbocycles. The lowest BCUT2D eigenvalue weighted by Crippen LogP contribution is -2.13. The standard InChI is InChI=1S/C18H20N6O/c1-11(2)24-12(3)21-10-16(24)15-8-9-20-18(23-15)22-14-7-5-4-6-13(14)17(19)25/h4-11H,1-3H3,(H2,19,25)(H,20,22,23). The van der Waals surface area contributed by atoms with E-state index in [9.17, 15) is 4.79 Å². The number of nitrogens with two attached hydrogens (primary N) is 1. The van der Waals surface area contributed by atoms with Crippen LogP contribution < -0.4 is 11.1 Å². The van der Waals surface area contributed by atoms with Crippen molar-refractivity contribution in [3.63, 3.8) is 0 Å². The summed E-state index contributed by atoms with van der Waals surface area (Å²) in [5.41, 5.74) is 8.04. The van der Waals surface area contributed by atoms with Crippen LogP contribution in [0.3, 0.4) is 0 Å². The molecule has 0 aliphatic heterocycles. The van der Waals surface area contributed by atoms with E-state index in [1.807, 2.05) is 19.1 Å². The lowest BCUT2D eigenvalue weighted by Gasteiger charge is -2.14. The van der Waals surface area contributed by atoms with Crippen LogP contribution in [0.5, 0.6) is 0 Å². The normalized spacial score (nSPS) is 10.9. The van der Waals surface area contributed by atoms with Gasteiger partial charge in [-0.25, -0.2) is 15.0 Å². The maximum atomic E-state index is 11.6. The predicted octanol–water partition coefficient (Wildman–Crippen LogP) is 3.07. The van der Waals surface area contributed by atoms with Gasteiger partial charge in [0.1, 0.15) is 5.82 Å². The third-order valence-electron chi connectivity index (χ3n) is 3.86. The second kappa shape index (κ2) is 6.72. The molecule has 0 aliphatic rings. The summed E-state index contributed by atoms with van der Waals surface area (Å²) in [6.45, 7) is 6.16. The molecule has 1 amide bonds. The summed E-state index contributed by atoms with van der Waals surface area (Å²) in [6, 6.07) is 9.09. The first-order valence-corrected chi connectivity index (χ1v) is 8.00. The Morgan fingerprint density at radius 3 is 2.68 bits per heavy atom. The van der Waals surface area contributed by atoms with Gasteiger partial charge in [-0.3, -0.25) is 4.79 Å². The lowest BCUT2D eigenvalue weighted by molar-refractivity contribution is 0.100. The lowest BCUT2D eigenvalue weighted by atomic mass is 10.1. The minimum absolute atomic E-state index is 0.263. The van der Waals surface area contributed by atoms with Crippen molar-refractivity contribution in [2.75, 3.05) is 5.32 Å². The largest absolute Gasteiger partial charge is 0.366 e. The number of carbonyl (C=O) groups excluding carboxylic acids is 1. The van der Waals surface area contributed by atoms with Gasteiger partial charge < -0.3 is 15.6 Å². The first-order chi connectivity index (χ1) is 12.0. The van der Waals surface area contributed by atoms with E-state index in [-0.39, 0.29) is 6.04 Å². The van der Waals surface area contributed by atoms with Crippen LogP contribution >= 0.6 is 0 Å². The van der Waals surface area contributed by atoms with Crippen molar-refractivity contribution in [2.45, 2.75) is 26.8 Å². The summed E-state index contributed by atoms with van der Waals surface area (Å²) in [7, 11) is 0. The fraction of sp³-hybridized carbons (Fsp3) is 0.222. The van der Waals surface area contributed by atoms with E-state index in [4.69, 9.17) is 5.73 Å². The Kier molecular flexibility index (Phi) is 4.47. The Morgan fingerprint density at radius 2 is 1.96 bits per heavy atom. The molecule has 0 unspecified atom stereocenters. The van der Waals surface area contributed by atoms with E-state index >= 15 is 0 Å². The van der Waals surface area contributed by atoms with E-state index < -0.39 is 5.91 Å². The van der Waals surface area contributed by atoms with Crippen LogP contribution in [0, 0.1) is 6.92 Å². The number of benzene rings is 1. The van der Waals surface area contributed by atoms with Gasteiger partial charge in [-0.05, 0) is 39.0 Å². The highest BCUT2D eigenvalue weighted by Gasteiger charge is 2.14. The third-order valence-corrected chi connectivity index (χ3v) is 3.86. The Morgan fingerprint density at radius 1 is 1.20 bits per heavy atom. The number of aryl methyl sites for hydroxylation is 1. The number of para-hydroxylation sites is 1. The number of imidazole rings is 1. The Labute approximate surface area is 145 Å². The zero-order valence-corrected chi connectivity index (χ0v) is 14.4. The highest BCUT2D eigenvalue weighted by Crippen LogP contribution is 2.24. The number of hydrogen-bond acceptors (Lipinski definition) is 5. The van der Waals surface area contributed by atoms with Gasteiger partial charge in [-0.2, -0.15) is 0 Å². The van der Waals surface area contributed by atoms with Crippen molar-refractivity contribution < 1.29 is 4.79 Å². The van der Waals surface area contributed by atoms with Crippen molar-refractivity contribution in [1.29, 1.82) is 0 Å². The maximum Gasteiger partial charge on any atom is 0.250 e. The van der Waals surface area contributed by atoms with Gasteiger partial charge in [-0.1, -0.05) is 12.1 Å². The number of carbonyl (C=O) groups is 1. The first kappa shape index (κ1) is 16.6. The van der Waals surface area contributed by atoms with E-state index in [0.717, 1.165) is 17.2 Å². The summed E-state index contributed by atoms with van der Waals surface area (Å²) in [5.74, 6) is 0.810. The van der Waals surface area contributed by atoms with Crippen molar-refractivity contribution in [3.8, 4) is 11.4 Å². The molecule has 0 bridgehead atoms. The third kappa shape index (κ3) is 3.35. The molecular weight excluding hydrogens is 316 g/mol. The van der Waals surface area contributed by atoms with Gasteiger partial charge in [0, 0.05) is 12.2 Å². The van der Waals surface area contributed by atoms with Crippen LogP contribution in [-0.4, -0.2) is 25.4 Å². The van der Waals surface area contributed by atoms with E-state index in [1.54, 1.807) is 30.6 Å². The average molecular weight is 336 g/mol. The van der Waals surface area contributed by atoms with Crippen molar-refractivity contribution in [3.05, 3.63) is 54.1 Å². The molecule has 2 heterocycles. The summed E-state index contributed by atoms with van der Waals surface area (Å²) < 4.78 is 2.11. The number of rotatable bonds is 5. The topological polar surface area (TPSA) is 98.7 Å². The Bertz CT molecular complexity index is 915. The number of aromatic nitrogens is 4. The average Bonchev–Trinajstić information content (AvgIpc) is 2.97. The van der Waals surface area contributed by atoms with Gasteiger partial charge in [0.25, 0.3) is 5.91 Å². The number of nitrogens with one attached hydrogen (secondary N) is 1. The minimum atomic E-state index is -0.507. The van der Waals surface area contributed by atoms with Crippen molar-refractivity contribution >= 4 is 17.5 Å². The van der Waals surface area contributed by atoms with Crippen LogP contribution in [0.1, 0.15) is 36.1 Å². The van der Waals surface area contributed by atoms with Crippen LogP contribution in [-0.2, 0) is 0 Å². The van der Waals surface area contributed by atoms with Crippen LogP contribution in [0.25, 0.3) is 11.4 Å². The smallest absolute Gasteiger partial charge is 0.250 e. The molecule has 7 nitrogen and oxygen atoms in total. The Hall–Kier alpha value is -3.22. The molecule has 3 aromatic rings. The first-order valence-electron chi connectivity index (χ1n) is 8.00. The summed E-state index contributed by atoms with van der Waals surface area (Å²) in [6.07, 6.45) is 3.48. The number of anilines is 2. The molecular formula is C18H20N6O. The van der Waals surface area contributed by atoms with Crippen LogP contribution in [0.2, 0.25) is 0 Å². The van der Waals surface area contributed by atoms with Crippen molar-refractivity contribution in [2.24, 2.45) is 5.73 Å². The van der Waals surface area contributed by atoms with Gasteiger partial charge >= 0.3 is 0 Å². The van der Waals surface area contributed by atoms with Crippen LogP contribution in [0.4, 0.5) is 11.6 Å². The number of nitrogens with zero attached hydrogens (tertiary/aromatic N) is 4. The molecule has 128 valence electrons. The molecule has 1 aromatic carbocycles. The summed E-state index contributed by atoms with van der Waals surface area (Å²) in [4.78, 5) is 24.7. The molecule has 2 aromatic heterocycles. The molecule has 7 heteroatoms. The molecule has 0 fully saturated rings. The summed E-state index contributed by atoms with van der Waals surface area (Å²) in [5, 5.41) is 3.07. The number of primary amides is 1. The van der Waals surface area contributed by atoms with Gasteiger partial charge in [0.05, 0.1) is 28.8 Å². The summed E-state index contributed by atoms with van der Waals surface area (Å²) >= 11 is 0. The number of hydrogen-bond donors (Lipinski definition) is 2.